The van der Waals surface area contributed by atoms with Crippen molar-refractivity contribution in [3.8, 4) is 11.5 Å². The van der Waals surface area contributed by atoms with Crippen molar-refractivity contribution in [3.63, 3.8) is 0 Å². The number of nitrogens with one attached hydrogen (secondary N) is 1. The van der Waals surface area contributed by atoms with Gasteiger partial charge in [0.2, 0.25) is 0 Å². The molecule has 0 aliphatic carbocycles. The van der Waals surface area contributed by atoms with Gasteiger partial charge in [0, 0.05) is 5.56 Å². The van der Waals surface area contributed by atoms with Crippen LogP contribution in [-0.2, 0) is 4.74 Å². The number of methoxy groups -OCH3 is 1. The van der Waals surface area contributed by atoms with Gasteiger partial charge in [-0.05, 0) is 19.1 Å². The molecule has 6 nitrogen and oxygen atoms in total. The van der Waals surface area contributed by atoms with Gasteiger partial charge in [-0.15, -0.1) is 0 Å². The summed E-state index contributed by atoms with van der Waals surface area (Å²) < 4.78 is 9.53. The zero-order valence-corrected chi connectivity index (χ0v) is 9.64. The topological polar surface area (TPSA) is 80.2 Å². The second-order valence-electron chi connectivity index (χ2n) is 2.99. The molecule has 1 aromatic carbocycles. The summed E-state index contributed by atoms with van der Waals surface area (Å²) in [5.74, 6) is 0.347. The molecule has 0 fully saturated rings. The number of phenols is 1. The van der Waals surface area contributed by atoms with Gasteiger partial charge in [-0.25, -0.2) is 10.2 Å². The van der Waals surface area contributed by atoms with Crippen LogP contribution in [0, 0.1) is 0 Å². The maximum Gasteiger partial charge on any atom is 0.427 e. The summed E-state index contributed by atoms with van der Waals surface area (Å²) in [6.45, 7) is 2.27. The van der Waals surface area contributed by atoms with Crippen LogP contribution in [0.3, 0.4) is 0 Å². The first kappa shape index (κ1) is 12.8. The zero-order chi connectivity index (χ0) is 12.7. The van der Waals surface area contributed by atoms with Gasteiger partial charge in [-0.1, -0.05) is 6.07 Å². The van der Waals surface area contributed by atoms with E-state index in [0.717, 1.165) is 0 Å². The van der Waals surface area contributed by atoms with E-state index in [9.17, 15) is 9.90 Å². The van der Waals surface area contributed by atoms with Crippen LogP contribution >= 0.6 is 0 Å². The van der Waals surface area contributed by atoms with Crippen molar-refractivity contribution in [1.29, 1.82) is 0 Å². The van der Waals surface area contributed by atoms with Crippen molar-refractivity contribution in [3.05, 3.63) is 23.8 Å². The molecule has 1 amide bonds. The Morgan fingerprint density at radius 3 is 3.00 bits per heavy atom. The standard InChI is InChI=1S/C11H14N2O4/c1-3-17-9-6-4-5-8(10(9)14)7-12-13-11(15)16-2/h4-7,14H,3H2,1-2H3,(H,13,15)/b12-7-. The highest BCUT2D eigenvalue weighted by atomic mass is 16.5. The molecule has 0 aliphatic heterocycles. The Labute approximate surface area is 98.9 Å². The number of carbonyl (C=O) groups excluding carboxylic acids is 1. The van der Waals surface area contributed by atoms with E-state index in [1.54, 1.807) is 18.2 Å². The summed E-state index contributed by atoms with van der Waals surface area (Å²) in [6.07, 6.45) is 0.621. The fourth-order valence-corrected chi connectivity index (χ4v) is 1.12. The van der Waals surface area contributed by atoms with Crippen LogP contribution in [0.15, 0.2) is 23.3 Å². The van der Waals surface area contributed by atoms with E-state index in [2.05, 4.69) is 15.3 Å². The first-order valence-corrected chi connectivity index (χ1v) is 5.00. The van der Waals surface area contributed by atoms with E-state index in [1.165, 1.54) is 13.3 Å². The van der Waals surface area contributed by atoms with Crippen molar-refractivity contribution >= 4 is 12.3 Å². The van der Waals surface area contributed by atoms with Gasteiger partial charge < -0.3 is 14.6 Å². The molecular formula is C11H14N2O4. The number of phenolic OH excluding ortho intramolecular Hbond substituents is 1. The van der Waals surface area contributed by atoms with Crippen molar-refractivity contribution in [1.82, 2.24) is 5.43 Å². The maximum absolute atomic E-state index is 10.7. The number of carbonyl (C=O) groups is 1. The van der Waals surface area contributed by atoms with Crippen LogP contribution in [0.2, 0.25) is 0 Å². The van der Waals surface area contributed by atoms with Crippen LogP contribution in [0.4, 0.5) is 4.79 Å². The predicted octanol–water partition coefficient (Wildman–Crippen LogP) is 1.48. The maximum atomic E-state index is 10.7. The van der Waals surface area contributed by atoms with Gasteiger partial charge >= 0.3 is 6.09 Å². The molecule has 0 atom stereocenters. The second kappa shape index (κ2) is 6.37. The first-order valence-electron chi connectivity index (χ1n) is 5.00. The van der Waals surface area contributed by atoms with E-state index in [1.807, 2.05) is 6.92 Å². The summed E-state index contributed by atoms with van der Waals surface area (Å²) in [5, 5.41) is 13.4. The van der Waals surface area contributed by atoms with Gasteiger partial charge in [-0.2, -0.15) is 5.10 Å². The average molecular weight is 238 g/mol. The van der Waals surface area contributed by atoms with E-state index in [0.29, 0.717) is 17.9 Å². The third kappa shape index (κ3) is 3.67. The molecule has 0 bridgehead atoms. The number of para-hydroxylation sites is 1. The van der Waals surface area contributed by atoms with Gasteiger partial charge in [0.05, 0.1) is 19.9 Å². The van der Waals surface area contributed by atoms with Crippen molar-refractivity contribution < 1.29 is 19.4 Å². The Balaban J connectivity index is 2.77. The molecule has 0 saturated heterocycles. The molecule has 1 rings (SSSR count). The van der Waals surface area contributed by atoms with Crippen LogP contribution < -0.4 is 10.2 Å². The van der Waals surface area contributed by atoms with E-state index >= 15 is 0 Å². The van der Waals surface area contributed by atoms with Crippen LogP contribution in [-0.4, -0.2) is 31.1 Å². The van der Waals surface area contributed by atoms with Gasteiger partial charge in [0.1, 0.15) is 0 Å². The Morgan fingerprint density at radius 1 is 1.59 bits per heavy atom. The summed E-state index contributed by atoms with van der Waals surface area (Å²) in [4.78, 5) is 10.7. The quantitative estimate of drug-likeness (QED) is 0.615. The van der Waals surface area contributed by atoms with Crippen molar-refractivity contribution in [2.75, 3.05) is 13.7 Å². The smallest absolute Gasteiger partial charge is 0.427 e. The number of hydrogen-bond donors (Lipinski definition) is 2. The minimum Gasteiger partial charge on any atom is -0.504 e. The molecule has 0 unspecified atom stereocenters. The Kier molecular flexibility index (Phi) is 4.80. The number of rotatable bonds is 4. The molecule has 6 heteroatoms. The third-order valence-corrected chi connectivity index (χ3v) is 1.87. The Morgan fingerprint density at radius 2 is 2.35 bits per heavy atom. The summed E-state index contributed by atoms with van der Waals surface area (Å²) in [7, 11) is 1.23. The lowest BCUT2D eigenvalue weighted by Crippen LogP contribution is -2.16. The summed E-state index contributed by atoms with van der Waals surface area (Å²) in [6, 6.07) is 4.99. The highest BCUT2D eigenvalue weighted by Crippen LogP contribution is 2.28. The molecule has 0 spiro atoms. The number of ether oxygens (including phenoxy) is 2. The number of hydrazone groups is 1. The molecular weight excluding hydrogens is 224 g/mol. The molecule has 92 valence electrons. The average Bonchev–Trinajstić information content (AvgIpc) is 2.33. The van der Waals surface area contributed by atoms with Gasteiger partial charge in [0.15, 0.2) is 11.5 Å². The lowest BCUT2D eigenvalue weighted by Gasteiger charge is -2.06. The first-order chi connectivity index (χ1) is 8.19. The normalized spacial score (nSPS) is 10.2. The minimum absolute atomic E-state index is 0.0234. The molecule has 17 heavy (non-hydrogen) atoms. The monoisotopic (exact) mass is 238 g/mol. The lowest BCUT2D eigenvalue weighted by molar-refractivity contribution is 0.171. The molecule has 0 aromatic heterocycles. The highest BCUT2D eigenvalue weighted by molar-refractivity contribution is 5.85. The molecule has 0 saturated carbocycles. The fourth-order valence-electron chi connectivity index (χ4n) is 1.12. The minimum atomic E-state index is -0.679. The van der Waals surface area contributed by atoms with Crippen LogP contribution in [0.25, 0.3) is 0 Å². The summed E-state index contributed by atoms with van der Waals surface area (Å²) in [5.41, 5.74) is 2.55. The molecule has 2 N–H and O–H groups in total. The third-order valence-electron chi connectivity index (χ3n) is 1.87. The fraction of sp³-hybridized carbons (Fsp3) is 0.273. The van der Waals surface area contributed by atoms with Crippen molar-refractivity contribution in [2.45, 2.75) is 6.92 Å². The van der Waals surface area contributed by atoms with Crippen LogP contribution in [0.5, 0.6) is 11.5 Å². The second-order valence-corrected chi connectivity index (χ2v) is 2.99. The predicted molar refractivity (Wildman–Crippen MR) is 62.4 cm³/mol. The van der Waals surface area contributed by atoms with E-state index in [-0.39, 0.29) is 5.75 Å². The number of nitrogens with zero attached hydrogens (tertiary/aromatic N) is 1. The largest absolute Gasteiger partial charge is 0.504 e. The molecule has 0 heterocycles. The summed E-state index contributed by atoms with van der Waals surface area (Å²) >= 11 is 0. The molecule has 0 aliphatic rings. The molecule has 1 aromatic rings. The lowest BCUT2D eigenvalue weighted by atomic mass is 10.2. The van der Waals surface area contributed by atoms with E-state index in [4.69, 9.17) is 4.74 Å². The highest BCUT2D eigenvalue weighted by Gasteiger charge is 2.05. The zero-order valence-electron chi connectivity index (χ0n) is 9.64. The van der Waals surface area contributed by atoms with Gasteiger partial charge in [-0.3, -0.25) is 0 Å². The number of amides is 1. The number of aromatic hydroxyl groups is 1. The molecule has 0 radical (unpaired) electrons. The SMILES string of the molecule is CCOc1cccc(/C=N\NC(=O)OC)c1O. The Hall–Kier alpha value is -2.24. The van der Waals surface area contributed by atoms with Crippen molar-refractivity contribution in [2.24, 2.45) is 5.10 Å². The van der Waals surface area contributed by atoms with E-state index < -0.39 is 6.09 Å². The Bertz CT molecular complexity index is 418. The van der Waals surface area contributed by atoms with Crippen LogP contribution in [0.1, 0.15) is 12.5 Å². The van der Waals surface area contributed by atoms with Gasteiger partial charge in [0.25, 0.3) is 0 Å². The number of benzene rings is 1. The number of hydrogen-bond acceptors (Lipinski definition) is 5.